The van der Waals surface area contributed by atoms with E-state index < -0.39 is 0 Å². The maximum absolute atomic E-state index is 7.00. The molecule has 2 N–H and O–H groups in total. The van der Waals surface area contributed by atoms with Gasteiger partial charge in [-0.2, -0.15) is 0 Å². The van der Waals surface area contributed by atoms with Crippen LogP contribution in [-0.2, 0) is 13.7 Å². The average Bonchev–Trinajstić information content (AvgIpc) is 1.93. The SMILES string of the molecule is O[B]O.[B]1O[B]O[B]O1. The van der Waals surface area contributed by atoms with Crippen LogP contribution in [0.2, 0.25) is 0 Å². The van der Waals surface area contributed by atoms with Crippen molar-refractivity contribution in [2.24, 2.45) is 0 Å². The molecule has 0 spiro atoms. The number of hydrogen-bond donors (Lipinski definition) is 2. The van der Waals surface area contributed by atoms with Crippen LogP contribution in [0.25, 0.3) is 0 Å². The molecule has 0 aromatic carbocycles. The molecule has 1 rings (SSSR count). The van der Waals surface area contributed by atoms with Gasteiger partial charge in [-0.15, -0.1) is 0 Å². The molecular formula is H2B4O5. The third-order valence-corrected chi connectivity index (χ3v) is 0.333. The van der Waals surface area contributed by atoms with Gasteiger partial charge in [0.2, 0.25) is 0 Å². The second-order valence-corrected chi connectivity index (χ2v) is 0.812. The molecule has 0 unspecified atom stereocenters. The van der Waals surface area contributed by atoms with Crippen molar-refractivity contribution in [2.45, 2.75) is 0 Å². The van der Waals surface area contributed by atoms with E-state index in [4.69, 9.17) is 10.0 Å². The smallest absolute Gasteiger partial charge is 0.457 e. The van der Waals surface area contributed by atoms with Crippen LogP contribution in [0.3, 0.4) is 0 Å². The van der Waals surface area contributed by atoms with Gasteiger partial charge in [0, 0.05) is 0 Å². The molecule has 1 heterocycles. The van der Waals surface area contributed by atoms with Crippen molar-refractivity contribution >= 4 is 30.7 Å². The lowest BCUT2D eigenvalue weighted by molar-refractivity contribution is 0.347. The van der Waals surface area contributed by atoms with Crippen LogP contribution in [0, 0.1) is 0 Å². The number of rotatable bonds is 0. The molecule has 9 heavy (non-hydrogen) atoms. The van der Waals surface area contributed by atoms with Gasteiger partial charge in [0.05, 0.1) is 0 Å². The van der Waals surface area contributed by atoms with Crippen molar-refractivity contribution in [2.75, 3.05) is 0 Å². The molecule has 0 aromatic rings. The van der Waals surface area contributed by atoms with Gasteiger partial charge in [-0.3, -0.25) is 0 Å². The fourth-order valence-corrected chi connectivity index (χ4v) is 0.164. The summed E-state index contributed by atoms with van der Waals surface area (Å²) in [6, 6.07) is 0. The van der Waals surface area contributed by atoms with Crippen LogP contribution in [0.5, 0.6) is 0 Å². The topological polar surface area (TPSA) is 68.2 Å². The number of hydrogen-bond acceptors (Lipinski definition) is 5. The first-order chi connectivity index (χ1) is 4.41. The van der Waals surface area contributed by atoms with Crippen LogP contribution >= 0.6 is 0 Å². The highest BCUT2D eigenvalue weighted by Gasteiger charge is 2.05. The zero-order valence-corrected chi connectivity index (χ0v) is 4.43. The van der Waals surface area contributed by atoms with Crippen molar-refractivity contribution in [1.82, 2.24) is 0 Å². The van der Waals surface area contributed by atoms with Gasteiger partial charge >= 0.3 is 30.7 Å². The first-order valence-corrected chi connectivity index (χ1v) is 1.93. The molecule has 5 nitrogen and oxygen atoms in total. The van der Waals surface area contributed by atoms with Crippen molar-refractivity contribution < 1.29 is 23.8 Å². The maximum Gasteiger partial charge on any atom is 0.482 e. The minimum atomic E-state index is 0. The lowest BCUT2D eigenvalue weighted by Gasteiger charge is -2.05. The van der Waals surface area contributed by atoms with Crippen LogP contribution in [0.15, 0.2) is 0 Å². The van der Waals surface area contributed by atoms with E-state index in [0.717, 1.165) is 23.1 Å². The fraction of sp³-hybridized carbons (Fsp3) is 0. The Balaban J connectivity index is 0.000000187. The molecule has 0 amide bonds. The summed E-state index contributed by atoms with van der Waals surface area (Å²) in [7, 11) is 3.47. The van der Waals surface area contributed by atoms with Gasteiger partial charge in [-0.1, -0.05) is 0 Å². The second-order valence-electron chi connectivity index (χ2n) is 0.812. The van der Waals surface area contributed by atoms with E-state index in [9.17, 15) is 0 Å². The molecule has 1 aliphatic rings. The Morgan fingerprint density at radius 3 is 1.22 bits per heavy atom. The van der Waals surface area contributed by atoms with Crippen LogP contribution in [-0.4, -0.2) is 40.8 Å². The third kappa shape index (κ3) is 8.06. The Bertz CT molecular complexity index is 32.7. The van der Waals surface area contributed by atoms with Crippen LogP contribution in [0.1, 0.15) is 0 Å². The van der Waals surface area contributed by atoms with E-state index in [1.54, 1.807) is 0 Å². The summed E-state index contributed by atoms with van der Waals surface area (Å²) in [4.78, 5) is 0. The molecule has 0 atom stereocenters. The fourth-order valence-electron chi connectivity index (χ4n) is 0.164. The molecule has 1 fully saturated rings. The molecule has 0 bridgehead atoms. The van der Waals surface area contributed by atoms with Gasteiger partial charge in [-0.25, -0.2) is 0 Å². The summed E-state index contributed by atoms with van der Waals surface area (Å²) in [6.07, 6.45) is 0. The molecule has 0 aromatic heterocycles. The van der Waals surface area contributed by atoms with E-state index in [-0.39, 0.29) is 7.69 Å². The molecule has 0 saturated carbocycles. The highest BCUT2D eigenvalue weighted by atomic mass is 16.7. The van der Waals surface area contributed by atoms with Gasteiger partial charge in [-0.05, 0) is 0 Å². The van der Waals surface area contributed by atoms with E-state index >= 15 is 0 Å². The highest BCUT2D eigenvalue weighted by molar-refractivity contribution is 6.50. The monoisotopic (exact) mass is 126 g/mol. The van der Waals surface area contributed by atoms with Crippen molar-refractivity contribution in [3.05, 3.63) is 0 Å². The van der Waals surface area contributed by atoms with Gasteiger partial charge < -0.3 is 23.8 Å². The normalized spacial score (nSPS) is 14.9. The Labute approximate surface area is 55.5 Å². The first kappa shape index (κ1) is 9.06. The quantitative estimate of drug-likeness (QED) is 0.341. The highest BCUT2D eigenvalue weighted by Crippen LogP contribution is 1.78. The maximum atomic E-state index is 7.00. The van der Waals surface area contributed by atoms with Gasteiger partial charge in [0.15, 0.2) is 0 Å². The van der Waals surface area contributed by atoms with Crippen LogP contribution in [0.4, 0.5) is 0 Å². The molecule has 4 radical (unpaired) electrons. The Morgan fingerprint density at radius 2 is 1.11 bits per heavy atom. The van der Waals surface area contributed by atoms with E-state index in [0.29, 0.717) is 0 Å². The minimum absolute atomic E-state index is 0. The zero-order chi connectivity index (χ0) is 6.95. The third-order valence-electron chi connectivity index (χ3n) is 0.333. The summed E-state index contributed by atoms with van der Waals surface area (Å²) >= 11 is 0. The van der Waals surface area contributed by atoms with Crippen LogP contribution < -0.4 is 0 Å². The minimum Gasteiger partial charge on any atom is -0.457 e. The first-order valence-electron chi connectivity index (χ1n) is 1.93. The van der Waals surface area contributed by atoms with E-state index in [1.807, 2.05) is 0 Å². The van der Waals surface area contributed by atoms with Gasteiger partial charge in [0.25, 0.3) is 0 Å². The second kappa shape index (κ2) is 8.06. The standard InChI is InChI=1S/B3O3.BH2O2/c1-4-2-6-3-5-1;2-1-3/h;2-3H. The van der Waals surface area contributed by atoms with Gasteiger partial charge in [0.1, 0.15) is 0 Å². The van der Waals surface area contributed by atoms with Crippen molar-refractivity contribution in [1.29, 1.82) is 0 Å². The Kier molecular flexibility index (Phi) is 8.11. The molecule has 9 heteroatoms. The molecule has 1 aliphatic heterocycles. The Hall–Kier alpha value is 0.0597. The van der Waals surface area contributed by atoms with Crippen molar-refractivity contribution in [3.63, 3.8) is 0 Å². The van der Waals surface area contributed by atoms with E-state index in [2.05, 4.69) is 13.7 Å². The largest absolute Gasteiger partial charge is 0.482 e. The van der Waals surface area contributed by atoms with Crippen molar-refractivity contribution in [3.8, 4) is 0 Å². The average molecular weight is 125 g/mol. The predicted octanol–water partition coefficient (Wildman–Crippen LogP) is -2.84. The summed E-state index contributed by atoms with van der Waals surface area (Å²) < 4.78 is 13.0. The summed E-state index contributed by atoms with van der Waals surface area (Å²) in [5.41, 5.74) is 0. The molecule has 44 valence electrons. The zero-order valence-electron chi connectivity index (χ0n) is 4.43. The lowest BCUT2D eigenvalue weighted by Crippen LogP contribution is -2.23. The molecule has 1 saturated heterocycles. The lowest BCUT2D eigenvalue weighted by atomic mass is 10.1. The summed E-state index contributed by atoms with van der Waals surface area (Å²) in [5.74, 6) is 0. The Morgan fingerprint density at radius 1 is 0.889 bits per heavy atom. The van der Waals surface area contributed by atoms with E-state index in [1.165, 1.54) is 0 Å². The predicted molar refractivity (Wildman–Crippen MR) is 30.7 cm³/mol. The molecule has 0 aliphatic carbocycles. The summed E-state index contributed by atoms with van der Waals surface area (Å²) in [5, 5.41) is 14.0. The molecular weight excluding hydrogens is 123 g/mol. The summed E-state index contributed by atoms with van der Waals surface area (Å²) in [6.45, 7) is 0.